The van der Waals surface area contributed by atoms with Gasteiger partial charge >= 0.3 is 0 Å². The van der Waals surface area contributed by atoms with Gasteiger partial charge in [-0.05, 0) is 30.2 Å². The summed E-state index contributed by atoms with van der Waals surface area (Å²) in [5, 5.41) is -0.906. The maximum atomic E-state index is 13.5. The molecule has 0 nitrogen and oxygen atoms in total. The first-order valence-corrected chi connectivity index (χ1v) is 5.94. The third kappa shape index (κ3) is 3.07. The Hall–Kier alpha value is -1.55. The van der Waals surface area contributed by atoms with E-state index in [1.807, 2.05) is 0 Å². The number of halogens is 5. The van der Waals surface area contributed by atoms with Gasteiger partial charge in [0, 0.05) is 5.56 Å². The summed E-state index contributed by atoms with van der Waals surface area (Å²) in [5.41, 5.74) is 0.397. The highest BCUT2D eigenvalue weighted by atomic mass is 35.5. The first kappa shape index (κ1) is 13.9. The molecule has 2 aromatic rings. The maximum absolute atomic E-state index is 13.5. The summed E-state index contributed by atoms with van der Waals surface area (Å²) in [4.78, 5) is 0. The second kappa shape index (κ2) is 5.61. The molecule has 0 saturated heterocycles. The number of hydrogen-bond acceptors (Lipinski definition) is 0. The third-order valence-electron chi connectivity index (χ3n) is 2.71. The minimum absolute atomic E-state index is 0.112. The largest absolute Gasteiger partial charge is 0.207 e. The molecule has 1 unspecified atom stereocenters. The predicted octanol–water partition coefficient (Wildman–Crippen LogP) is 4.77. The van der Waals surface area contributed by atoms with Crippen LogP contribution in [0.3, 0.4) is 0 Å². The highest BCUT2D eigenvalue weighted by Crippen LogP contribution is 2.29. The van der Waals surface area contributed by atoms with Crippen LogP contribution in [0.15, 0.2) is 36.4 Å². The molecule has 0 saturated carbocycles. The highest BCUT2D eigenvalue weighted by Gasteiger charge is 2.19. The number of rotatable bonds is 3. The molecule has 0 aliphatic carbocycles. The molecule has 2 aromatic carbocycles. The summed E-state index contributed by atoms with van der Waals surface area (Å²) in [7, 11) is 0. The van der Waals surface area contributed by atoms with Crippen LogP contribution in [0.5, 0.6) is 0 Å². The molecule has 0 spiro atoms. The monoisotopic (exact) mass is 288 g/mol. The van der Waals surface area contributed by atoms with Crippen molar-refractivity contribution in [3.63, 3.8) is 0 Å². The Bertz CT molecular complexity index is 598. The number of alkyl halides is 1. The SMILES string of the molecule is Fc1cccc(CC(Cl)c2ccc(F)c(F)c2F)c1. The fraction of sp³-hybridized carbons (Fsp3) is 0.143. The van der Waals surface area contributed by atoms with E-state index in [2.05, 4.69) is 0 Å². The Morgan fingerprint density at radius 1 is 0.947 bits per heavy atom. The number of hydrogen-bond donors (Lipinski definition) is 0. The van der Waals surface area contributed by atoms with Crippen molar-refractivity contribution in [2.24, 2.45) is 0 Å². The average molecular weight is 289 g/mol. The molecule has 0 amide bonds. The van der Waals surface area contributed by atoms with Crippen molar-refractivity contribution < 1.29 is 17.6 Å². The van der Waals surface area contributed by atoms with E-state index in [-0.39, 0.29) is 12.0 Å². The molecular weight excluding hydrogens is 280 g/mol. The molecule has 0 fully saturated rings. The summed E-state index contributed by atoms with van der Waals surface area (Å²) >= 11 is 5.97. The first-order chi connectivity index (χ1) is 8.99. The van der Waals surface area contributed by atoms with Gasteiger partial charge in [-0.1, -0.05) is 18.2 Å². The van der Waals surface area contributed by atoms with Crippen LogP contribution in [0.25, 0.3) is 0 Å². The van der Waals surface area contributed by atoms with Gasteiger partial charge in [0.25, 0.3) is 0 Å². The van der Waals surface area contributed by atoms with Crippen molar-refractivity contribution >= 4 is 11.6 Å². The molecule has 0 aromatic heterocycles. The summed E-state index contributed by atoms with van der Waals surface area (Å²) in [6, 6.07) is 7.55. The smallest absolute Gasteiger partial charge is 0.194 e. The summed E-state index contributed by atoms with van der Waals surface area (Å²) < 4.78 is 52.4. The Balaban J connectivity index is 2.25. The van der Waals surface area contributed by atoms with Crippen molar-refractivity contribution in [2.75, 3.05) is 0 Å². The molecule has 0 heterocycles. The van der Waals surface area contributed by atoms with Crippen molar-refractivity contribution in [3.8, 4) is 0 Å². The summed E-state index contributed by atoms with van der Waals surface area (Å²) in [6.45, 7) is 0. The summed E-state index contributed by atoms with van der Waals surface area (Å²) in [6.07, 6.45) is 0.112. The minimum Gasteiger partial charge on any atom is -0.207 e. The Labute approximate surface area is 112 Å². The lowest BCUT2D eigenvalue weighted by Gasteiger charge is -2.11. The van der Waals surface area contributed by atoms with Crippen molar-refractivity contribution in [2.45, 2.75) is 11.8 Å². The molecule has 0 aliphatic rings. The molecule has 19 heavy (non-hydrogen) atoms. The first-order valence-electron chi connectivity index (χ1n) is 5.51. The molecule has 0 bridgehead atoms. The molecule has 2 rings (SSSR count). The normalized spacial score (nSPS) is 12.5. The van der Waals surface area contributed by atoms with Crippen LogP contribution in [0.1, 0.15) is 16.5 Å². The van der Waals surface area contributed by atoms with Crippen LogP contribution >= 0.6 is 11.6 Å². The molecule has 100 valence electrons. The number of benzene rings is 2. The minimum atomic E-state index is -1.55. The Morgan fingerprint density at radius 3 is 2.37 bits per heavy atom. The van der Waals surface area contributed by atoms with Gasteiger partial charge in [0.2, 0.25) is 0 Å². The van der Waals surface area contributed by atoms with Gasteiger partial charge in [0.15, 0.2) is 17.5 Å². The van der Waals surface area contributed by atoms with Crippen LogP contribution in [0.2, 0.25) is 0 Å². The fourth-order valence-corrected chi connectivity index (χ4v) is 2.11. The van der Waals surface area contributed by atoms with Gasteiger partial charge in [-0.3, -0.25) is 0 Å². The second-order valence-electron chi connectivity index (χ2n) is 4.07. The van der Waals surface area contributed by atoms with Crippen LogP contribution in [-0.4, -0.2) is 0 Å². The van der Waals surface area contributed by atoms with E-state index in [9.17, 15) is 17.6 Å². The van der Waals surface area contributed by atoms with Crippen molar-refractivity contribution in [3.05, 3.63) is 70.8 Å². The van der Waals surface area contributed by atoms with Gasteiger partial charge < -0.3 is 0 Å². The molecule has 0 aliphatic heterocycles. The molecular formula is C14H9ClF4. The third-order valence-corrected chi connectivity index (χ3v) is 3.10. The molecule has 5 heteroatoms. The highest BCUT2D eigenvalue weighted by molar-refractivity contribution is 6.20. The van der Waals surface area contributed by atoms with Crippen LogP contribution in [-0.2, 0) is 6.42 Å². The quantitative estimate of drug-likeness (QED) is 0.434. The molecule has 1 atom stereocenters. The van der Waals surface area contributed by atoms with Crippen molar-refractivity contribution in [1.82, 2.24) is 0 Å². The maximum Gasteiger partial charge on any atom is 0.194 e. The van der Waals surface area contributed by atoms with Crippen LogP contribution in [0, 0.1) is 23.3 Å². The van der Waals surface area contributed by atoms with Gasteiger partial charge in [0.1, 0.15) is 5.82 Å². The van der Waals surface area contributed by atoms with Crippen LogP contribution < -0.4 is 0 Å². The Kier molecular flexibility index (Phi) is 4.10. The lowest BCUT2D eigenvalue weighted by Crippen LogP contribution is -2.03. The Morgan fingerprint density at radius 2 is 1.68 bits per heavy atom. The zero-order chi connectivity index (χ0) is 14.0. The van der Waals surface area contributed by atoms with E-state index in [0.29, 0.717) is 5.56 Å². The zero-order valence-electron chi connectivity index (χ0n) is 9.64. The second-order valence-corrected chi connectivity index (χ2v) is 4.59. The van der Waals surface area contributed by atoms with Gasteiger partial charge in [-0.2, -0.15) is 0 Å². The van der Waals surface area contributed by atoms with Crippen molar-refractivity contribution in [1.29, 1.82) is 0 Å². The van der Waals surface area contributed by atoms with E-state index in [4.69, 9.17) is 11.6 Å². The van der Waals surface area contributed by atoms with E-state index in [1.54, 1.807) is 6.07 Å². The lowest BCUT2D eigenvalue weighted by atomic mass is 10.0. The van der Waals surface area contributed by atoms with E-state index in [1.165, 1.54) is 18.2 Å². The summed E-state index contributed by atoms with van der Waals surface area (Å²) in [5.74, 6) is -4.57. The van der Waals surface area contributed by atoms with Gasteiger partial charge in [-0.25, -0.2) is 17.6 Å². The standard InChI is InChI=1S/C14H9ClF4/c15-11(7-8-2-1-3-9(16)6-8)10-4-5-12(17)14(19)13(10)18/h1-6,11H,7H2. The van der Waals surface area contributed by atoms with Gasteiger partial charge in [0.05, 0.1) is 5.38 Å². The zero-order valence-corrected chi connectivity index (χ0v) is 10.4. The van der Waals surface area contributed by atoms with Gasteiger partial charge in [-0.15, -0.1) is 11.6 Å². The van der Waals surface area contributed by atoms with Crippen LogP contribution in [0.4, 0.5) is 17.6 Å². The van der Waals surface area contributed by atoms with E-state index in [0.717, 1.165) is 12.1 Å². The van der Waals surface area contributed by atoms with E-state index < -0.39 is 28.6 Å². The molecule has 0 N–H and O–H groups in total. The topological polar surface area (TPSA) is 0 Å². The lowest BCUT2D eigenvalue weighted by molar-refractivity contribution is 0.440. The average Bonchev–Trinajstić information content (AvgIpc) is 2.36. The fourth-order valence-electron chi connectivity index (χ4n) is 1.76. The van der Waals surface area contributed by atoms with E-state index >= 15 is 0 Å². The molecule has 0 radical (unpaired) electrons. The predicted molar refractivity (Wildman–Crippen MR) is 65.0 cm³/mol.